The van der Waals surface area contributed by atoms with Crippen molar-refractivity contribution >= 4 is 22.7 Å². The minimum absolute atomic E-state index is 0.0483. The van der Waals surface area contributed by atoms with Gasteiger partial charge in [-0.2, -0.15) is 0 Å². The number of carbonyl (C=O) groups excluding carboxylic acids is 1. The normalized spacial score (nSPS) is 22.1. The molecule has 4 nitrogen and oxygen atoms in total. The van der Waals surface area contributed by atoms with Gasteiger partial charge in [-0.15, -0.1) is 5.76 Å². The van der Waals surface area contributed by atoms with Crippen LogP contribution in [0.15, 0.2) is 54.3 Å². The number of benzene rings is 2. The van der Waals surface area contributed by atoms with Crippen LogP contribution in [0.2, 0.25) is 0 Å². The average Bonchev–Trinajstić information content (AvgIpc) is 3.44. The molecule has 1 aliphatic carbocycles. The van der Waals surface area contributed by atoms with E-state index < -0.39 is 5.92 Å². The third kappa shape index (κ3) is 2.88. The molecule has 4 heteroatoms. The predicted octanol–water partition coefficient (Wildman–Crippen LogP) is 3.32. The summed E-state index contributed by atoms with van der Waals surface area (Å²) in [6.07, 6.45) is 4.93. The van der Waals surface area contributed by atoms with Gasteiger partial charge in [-0.1, -0.05) is 24.3 Å². The van der Waals surface area contributed by atoms with E-state index in [2.05, 4.69) is 9.80 Å². The Morgan fingerprint density at radius 1 is 0.714 bits per heavy atom. The Labute approximate surface area is 166 Å². The summed E-state index contributed by atoms with van der Waals surface area (Å²) in [5.74, 6) is -0.721. The van der Waals surface area contributed by atoms with Crippen molar-refractivity contribution in [3.05, 3.63) is 65.4 Å². The zero-order chi connectivity index (χ0) is 19.1. The first kappa shape index (κ1) is 17.4. The van der Waals surface area contributed by atoms with Crippen LogP contribution in [0.25, 0.3) is 5.57 Å². The van der Waals surface area contributed by atoms with E-state index in [0.29, 0.717) is 5.57 Å². The maximum atomic E-state index is 12.8. The quantitative estimate of drug-likeness (QED) is 0.825. The first-order chi connectivity index (χ1) is 13.7. The van der Waals surface area contributed by atoms with E-state index in [1.165, 1.54) is 37.1 Å². The number of allylic oxidation sites excluding steroid dienone is 2. The molecule has 0 N–H and O–H groups in total. The fraction of sp³-hybridized carbons (Fsp3) is 0.375. The lowest BCUT2D eigenvalue weighted by atomic mass is 9.75. The van der Waals surface area contributed by atoms with E-state index in [-0.39, 0.29) is 11.5 Å². The van der Waals surface area contributed by atoms with E-state index in [9.17, 15) is 9.90 Å². The molecule has 28 heavy (non-hydrogen) atoms. The zero-order valence-corrected chi connectivity index (χ0v) is 16.1. The lowest BCUT2D eigenvalue weighted by molar-refractivity contribution is -0.310. The van der Waals surface area contributed by atoms with Gasteiger partial charge < -0.3 is 14.9 Å². The highest BCUT2D eigenvalue weighted by Gasteiger charge is 2.35. The highest BCUT2D eigenvalue weighted by Crippen LogP contribution is 2.42. The SMILES string of the molecule is O=C1C(c2ccc(N3CCCC3)cc2)=C([O-])C1c1ccc(N2CCCC2)cc1. The topological polar surface area (TPSA) is 46.6 Å². The minimum Gasteiger partial charge on any atom is -0.874 e. The van der Waals surface area contributed by atoms with Crippen LogP contribution >= 0.6 is 0 Å². The van der Waals surface area contributed by atoms with Crippen LogP contribution in [0, 0.1) is 0 Å². The summed E-state index contributed by atoms with van der Waals surface area (Å²) in [6.45, 7) is 4.35. The third-order valence-corrected chi connectivity index (χ3v) is 6.34. The van der Waals surface area contributed by atoms with Gasteiger partial charge in [0, 0.05) is 43.1 Å². The van der Waals surface area contributed by atoms with E-state index in [1.807, 2.05) is 48.5 Å². The molecule has 0 amide bonds. The maximum Gasteiger partial charge on any atom is 0.173 e. The molecule has 0 radical (unpaired) electrons. The molecule has 2 aliphatic heterocycles. The Morgan fingerprint density at radius 3 is 1.64 bits per heavy atom. The van der Waals surface area contributed by atoms with Crippen molar-refractivity contribution in [3.8, 4) is 0 Å². The van der Waals surface area contributed by atoms with Crippen LogP contribution in [-0.4, -0.2) is 32.0 Å². The van der Waals surface area contributed by atoms with Crippen LogP contribution in [-0.2, 0) is 4.79 Å². The molecule has 2 fully saturated rings. The number of rotatable bonds is 4. The summed E-state index contributed by atoms with van der Waals surface area (Å²) in [5.41, 5.74) is 4.29. The van der Waals surface area contributed by atoms with Gasteiger partial charge in [-0.25, -0.2) is 0 Å². The summed E-state index contributed by atoms with van der Waals surface area (Å²) in [4.78, 5) is 17.5. The molecule has 2 heterocycles. The van der Waals surface area contributed by atoms with Crippen molar-refractivity contribution in [1.82, 2.24) is 0 Å². The Kier molecular flexibility index (Phi) is 4.34. The highest BCUT2D eigenvalue weighted by atomic mass is 16.3. The van der Waals surface area contributed by atoms with E-state index in [1.54, 1.807) is 0 Å². The number of carbonyl (C=O) groups is 1. The van der Waals surface area contributed by atoms with E-state index in [0.717, 1.165) is 37.3 Å². The van der Waals surface area contributed by atoms with Crippen LogP contribution in [0.5, 0.6) is 0 Å². The molecule has 3 aliphatic rings. The largest absolute Gasteiger partial charge is 0.874 e. The Morgan fingerprint density at radius 2 is 1.18 bits per heavy atom. The molecule has 0 aromatic heterocycles. The average molecular weight is 373 g/mol. The van der Waals surface area contributed by atoms with Gasteiger partial charge in [0.15, 0.2) is 5.78 Å². The lowest BCUT2D eigenvalue weighted by Gasteiger charge is -2.37. The predicted molar refractivity (Wildman–Crippen MR) is 110 cm³/mol. The van der Waals surface area contributed by atoms with Gasteiger partial charge in [0.1, 0.15) is 0 Å². The molecular formula is C24H25N2O2-. The summed E-state index contributed by atoms with van der Waals surface area (Å²) in [5, 5.41) is 12.8. The molecule has 0 saturated carbocycles. The summed E-state index contributed by atoms with van der Waals surface area (Å²) in [6, 6.07) is 15.9. The van der Waals surface area contributed by atoms with E-state index in [4.69, 9.17) is 0 Å². The van der Waals surface area contributed by atoms with Gasteiger partial charge in [0.25, 0.3) is 0 Å². The smallest absolute Gasteiger partial charge is 0.173 e. The maximum absolute atomic E-state index is 12.8. The second-order valence-corrected chi connectivity index (χ2v) is 8.06. The summed E-state index contributed by atoms with van der Waals surface area (Å²) in [7, 11) is 0. The zero-order valence-electron chi connectivity index (χ0n) is 16.1. The molecule has 144 valence electrons. The Bertz CT molecular complexity index is 903. The molecule has 1 unspecified atom stereocenters. The Hall–Kier alpha value is -2.75. The fourth-order valence-corrected chi connectivity index (χ4v) is 4.71. The number of anilines is 2. The molecule has 2 saturated heterocycles. The van der Waals surface area contributed by atoms with Crippen molar-refractivity contribution in [2.75, 3.05) is 36.0 Å². The van der Waals surface area contributed by atoms with Crippen LogP contribution in [0.4, 0.5) is 11.4 Å². The number of ketones is 1. The van der Waals surface area contributed by atoms with E-state index >= 15 is 0 Å². The molecule has 2 aromatic rings. The first-order valence-corrected chi connectivity index (χ1v) is 10.4. The number of hydrogen-bond acceptors (Lipinski definition) is 4. The number of Topliss-reactive ketones (excluding diaryl/α,β-unsaturated/α-hetero) is 1. The standard InChI is InChI=1S/C24H26N2O2/c27-23-21(17-5-9-19(10-6-17)25-13-1-2-14-25)24(28)22(23)18-7-11-20(12-8-18)26-15-3-4-16-26/h5-12,21,27H,1-4,13-16H2/p-1. The summed E-state index contributed by atoms with van der Waals surface area (Å²) >= 11 is 0. The molecule has 0 spiro atoms. The molecule has 2 aromatic carbocycles. The minimum atomic E-state index is -0.624. The molecular weight excluding hydrogens is 348 g/mol. The van der Waals surface area contributed by atoms with Crippen molar-refractivity contribution in [3.63, 3.8) is 0 Å². The third-order valence-electron chi connectivity index (χ3n) is 6.34. The molecule has 5 rings (SSSR count). The summed E-state index contributed by atoms with van der Waals surface area (Å²) < 4.78 is 0. The van der Waals surface area contributed by atoms with Gasteiger partial charge in [-0.3, -0.25) is 4.79 Å². The van der Waals surface area contributed by atoms with Crippen molar-refractivity contribution in [1.29, 1.82) is 0 Å². The van der Waals surface area contributed by atoms with Gasteiger partial charge in [0.2, 0.25) is 0 Å². The number of hydrogen-bond donors (Lipinski definition) is 0. The first-order valence-electron chi connectivity index (χ1n) is 10.4. The highest BCUT2D eigenvalue weighted by molar-refractivity contribution is 6.31. The Balaban J connectivity index is 1.35. The van der Waals surface area contributed by atoms with Crippen molar-refractivity contribution < 1.29 is 9.90 Å². The van der Waals surface area contributed by atoms with Crippen molar-refractivity contribution in [2.45, 2.75) is 31.6 Å². The van der Waals surface area contributed by atoms with Crippen LogP contribution < -0.4 is 14.9 Å². The second-order valence-electron chi connectivity index (χ2n) is 8.06. The fourth-order valence-electron chi connectivity index (χ4n) is 4.71. The second kappa shape index (κ2) is 7.01. The van der Waals surface area contributed by atoms with Crippen LogP contribution in [0.3, 0.4) is 0 Å². The van der Waals surface area contributed by atoms with Gasteiger partial charge in [-0.05, 0) is 61.1 Å². The van der Waals surface area contributed by atoms with Gasteiger partial charge in [0.05, 0.1) is 5.92 Å². The number of nitrogens with zero attached hydrogens (tertiary/aromatic N) is 2. The molecule has 0 bridgehead atoms. The van der Waals surface area contributed by atoms with Crippen molar-refractivity contribution in [2.24, 2.45) is 0 Å². The molecule has 1 atom stereocenters. The monoisotopic (exact) mass is 373 g/mol. The van der Waals surface area contributed by atoms with Crippen LogP contribution in [0.1, 0.15) is 42.7 Å². The van der Waals surface area contributed by atoms with Gasteiger partial charge >= 0.3 is 0 Å². The lowest BCUT2D eigenvalue weighted by Crippen LogP contribution is -2.35.